The molecular weight excluding hydrogens is 336 g/mol. The van der Waals surface area contributed by atoms with Gasteiger partial charge in [-0.2, -0.15) is 0 Å². The summed E-state index contributed by atoms with van der Waals surface area (Å²) in [4.78, 5) is 8.84. The van der Waals surface area contributed by atoms with Crippen molar-refractivity contribution in [1.29, 1.82) is 0 Å². The Labute approximate surface area is 141 Å². The molecule has 0 radical (unpaired) electrons. The third-order valence-electron chi connectivity index (χ3n) is 4.77. The van der Waals surface area contributed by atoms with E-state index in [0.717, 1.165) is 50.2 Å². The SMILES string of the molecule is O=S(=O)(C1CC1)N1CCC(Nc2cc(Cl)nc(C3CC3)n2)CC1. The van der Waals surface area contributed by atoms with Gasteiger partial charge in [-0.25, -0.2) is 22.7 Å². The van der Waals surface area contributed by atoms with Gasteiger partial charge in [-0.1, -0.05) is 11.6 Å². The molecule has 8 heteroatoms. The third kappa shape index (κ3) is 3.46. The number of piperidine rings is 1. The average molecular weight is 357 g/mol. The van der Waals surface area contributed by atoms with Gasteiger partial charge in [0.15, 0.2) is 0 Å². The first-order valence-corrected chi connectivity index (χ1v) is 10.2. The number of halogens is 1. The number of sulfonamides is 1. The van der Waals surface area contributed by atoms with Crippen LogP contribution in [0.3, 0.4) is 0 Å². The second-order valence-corrected chi connectivity index (χ2v) is 9.37. The number of aromatic nitrogens is 2. The molecule has 2 aliphatic carbocycles. The summed E-state index contributed by atoms with van der Waals surface area (Å²) < 4.78 is 26.2. The van der Waals surface area contributed by atoms with Crippen LogP contribution in [0.25, 0.3) is 0 Å². The molecule has 3 fully saturated rings. The molecule has 23 heavy (non-hydrogen) atoms. The highest BCUT2D eigenvalue weighted by Gasteiger charge is 2.41. The lowest BCUT2D eigenvalue weighted by Gasteiger charge is -2.32. The molecule has 0 atom stereocenters. The Hall–Kier alpha value is -0.920. The van der Waals surface area contributed by atoms with Crippen molar-refractivity contribution in [3.8, 4) is 0 Å². The molecule has 0 unspecified atom stereocenters. The Kier molecular flexibility index (Phi) is 3.98. The van der Waals surface area contributed by atoms with E-state index in [0.29, 0.717) is 24.2 Å². The largest absolute Gasteiger partial charge is 0.367 e. The molecule has 1 aliphatic heterocycles. The molecule has 4 rings (SSSR count). The van der Waals surface area contributed by atoms with Crippen molar-refractivity contribution in [2.45, 2.75) is 55.7 Å². The van der Waals surface area contributed by atoms with Gasteiger partial charge in [0.25, 0.3) is 0 Å². The highest BCUT2D eigenvalue weighted by Crippen LogP contribution is 2.39. The molecular formula is C15H21ClN4O2S. The van der Waals surface area contributed by atoms with Crippen LogP contribution < -0.4 is 5.32 Å². The van der Waals surface area contributed by atoms with E-state index in [4.69, 9.17) is 11.6 Å². The van der Waals surface area contributed by atoms with E-state index in [1.165, 1.54) is 0 Å². The van der Waals surface area contributed by atoms with E-state index >= 15 is 0 Å². The lowest BCUT2D eigenvalue weighted by atomic mass is 10.1. The maximum absolute atomic E-state index is 12.3. The maximum atomic E-state index is 12.3. The fourth-order valence-corrected chi connectivity index (χ4v) is 5.14. The van der Waals surface area contributed by atoms with E-state index in [2.05, 4.69) is 15.3 Å². The zero-order chi connectivity index (χ0) is 16.0. The molecule has 6 nitrogen and oxygen atoms in total. The molecule has 2 heterocycles. The number of rotatable bonds is 5. The van der Waals surface area contributed by atoms with Crippen LogP contribution in [-0.4, -0.2) is 47.1 Å². The fraction of sp³-hybridized carbons (Fsp3) is 0.733. The van der Waals surface area contributed by atoms with Gasteiger partial charge in [-0.3, -0.25) is 0 Å². The first-order chi connectivity index (χ1) is 11.0. The number of hydrogen-bond acceptors (Lipinski definition) is 5. The number of anilines is 1. The van der Waals surface area contributed by atoms with E-state index in [1.54, 1.807) is 10.4 Å². The van der Waals surface area contributed by atoms with Gasteiger partial charge < -0.3 is 5.32 Å². The molecule has 3 aliphatic rings. The van der Waals surface area contributed by atoms with Gasteiger partial charge in [0.2, 0.25) is 10.0 Å². The van der Waals surface area contributed by atoms with Crippen LogP contribution in [0.2, 0.25) is 5.15 Å². The zero-order valence-corrected chi connectivity index (χ0v) is 14.5. The molecule has 0 spiro atoms. The van der Waals surface area contributed by atoms with E-state index < -0.39 is 10.0 Å². The molecule has 0 amide bonds. The second kappa shape index (κ2) is 5.86. The van der Waals surface area contributed by atoms with Crippen LogP contribution in [0.1, 0.15) is 50.3 Å². The van der Waals surface area contributed by atoms with Crippen molar-refractivity contribution < 1.29 is 8.42 Å². The Balaban J connectivity index is 1.38. The molecule has 0 aromatic carbocycles. The minimum absolute atomic E-state index is 0.117. The first kappa shape index (κ1) is 15.6. The quantitative estimate of drug-likeness (QED) is 0.820. The van der Waals surface area contributed by atoms with Crippen molar-refractivity contribution in [1.82, 2.24) is 14.3 Å². The Morgan fingerprint density at radius 2 is 1.78 bits per heavy atom. The van der Waals surface area contributed by atoms with Gasteiger partial charge in [-0.15, -0.1) is 0 Å². The molecule has 1 aromatic rings. The van der Waals surface area contributed by atoms with Crippen LogP contribution in [0.4, 0.5) is 5.82 Å². The summed E-state index contributed by atoms with van der Waals surface area (Å²) in [5, 5.41) is 3.76. The molecule has 0 bridgehead atoms. The van der Waals surface area contributed by atoms with Gasteiger partial charge in [0.05, 0.1) is 5.25 Å². The van der Waals surface area contributed by atoms with Crippen molar-refractivity contribution in [2.24, 2.45) is 0 Å². The van der Waals surface area contributed by atoms with Crippen LogP contribution in [-0.2, 0) is 10.0 Å². The number of nitrogens with one attached hydrogen (secondary N) is 1. The summed E-state index contributed by atoms with van der Waals surface area (Å²) in [6.07, 6.45) is 5.51. The second-order valence-electron chi connectivity index (χ2n) is 6.77. The predicted molar refractivity (Wildman–Crippen MR) is 89.2 cm³/mol. The molecule has 1 aromatic heterocycles. The van der Waals surface area contributed by atoms with Crippen molar-refractivity contribution in [3.63, 3.8) is 0 Å². The van der Waals surface area contributed by atoms with Crippen LogP contribution in [0, 0.1) is 0 Å². The maximum Gasteiger partial charge on any atom is 0.216 e. The van der Waals surface area contributed by atoms with E-state index in [-0.39, 0.29) is 11.3 Å². The lowest BCUT2D eigenvalue weighted by Crippen LogP contribution is -2.43. The van der Waals surface area contributed by atoms with Gasteiger partial charge >= 0.3 is 0 Å². The topological polar surface area (TPSA) is 75.2 Å². The van der Waals surface area contributed by atoms with Crippen LogP contribution >= 0.6 is 11.6 Å². The summed E-state index contributed by atoms with van der Waals surface area (Å²) in [5.74, 6) is 2.05. The number of hydrogen-bond donors (Lipinski definition) is 1. The van der Waals surface area contributed by atoms with E-state index in [9.17, 15) is 8.42 Å². The molecule has 1 N–H and O–H groups in total. The summed E-state index contributed by atoms with van der Waals surface area (Å²) in [7, 11) is -3.04. The monoisotopic (exact) mass is 356 g/mol. The summed E-state index contributed by atoms with van der Waals surface area (Å²) in [6, 6.07) is 1.99. The predicted octanol–water partition coefficient (Wildman–Crippen LogP) is 2.38. The molecule has 2 saturated carbocycles. The van der Waals surface area contributed by atoms with Crippen LogP contribution in [0.15, 0.2) is 6.07 Å². The third-order valence-corrected chi connectivity index (χ3v) is 7.36. The average Bonchev–Trinajstić information content (AvgIpc) is 3.40. The first-order valence-electron chi connectivity index (χ1n) is 8.32. The summed E-state index contributed by atoms with van der Waals surface area (Å²) >= 11 is 6.09. The lowest BCUT2D eigenvalue weighted by molar-refractivity contribution is 0.329. The van der Waals surface area contributed by atoms with Crippen molar-refractivity contribution >= 4 is 27.4 Å². The fourth-order valence-electron chi connectivity index (χ4n) is 3.07. The van der Waals surface area contributed by atoms with Crippen molar-refractivity contribution in [3.05, 3.63) is 17.0 Å². The highest BCUT2D eigenvalue weighted by atomic mass is 35.5. The van der Waals surface area contributed by atoms with Crippen LogP contribution in [0.5, 0.6) is 0 Å². The van der Waals surface area contributed by atoms with Gasteiger partial charge in [-0.05, 0) is 38.5 Å². The van der Waals surface area contributed by atoms with Gasteiger partial charge in [0, 0.05) is 31.1 Å². The Morgan fingerprint density at radius 3 is 2.39 bits per heavy atom. The molecule has 126 valence electrons. The standard InChI is InChI=1S/C15H21ClN4O2S/c16-13-9-14(19-15(18-13)10-1-2-10)17-11-5-7-20(8-6-11)23(21,22)12-3-4-12/h9-12H,1-8H2,(H,17,18,19). The van der Waals surface area contributed by atoms with Crippen molar-refractivity contribution in [2.75, 3.05) is 18.4 Å². The van der Waals surface area contributed by atoms with E-state index in [1.807, 2.05) is 0 Å². The summed E-state index contributed by atoms with van der Waals surface area (Å²) in [5.41, 5.74) is 0. The smallest absolute Gasteiger partial charge is 0.216 e. The minimum atomic E-state index is -3.04. The summed E-state index contributed by atoms with van der Waals surface area (Å²) in [6.45, 7) is 1.18. The Morgan fingerprint density at radius 1 is 1.09 bits per heavy atom. The highest BCUT2D eigenvalue weighted by molar-refractivity contribution is 7.90. The zero-order valence-electron chi connectivity index (χ0n) is 12.9. The van der Waals surface area contributed by atoms with Gasteiger partial charge in [0.1, 0.15) is 16.8 Å². The normalized spacial score (nSPS) is 23.9. The Bertz CT molecular complexity index is 695. The molecule has 1 saturated heterocycles. The minimum Gasteiger partial charge on any atom is -0.367 e. The number of nitrogens with zero attached hydrogens (tertiary/aromatic N) is 3.